The van der Waals surface area contributed by atoms with Crippen LogP contribution in [0.5, 0.6) is 0 Å². The highest BCUT2D eigenvalue weighted by atomic mass is 16.7. The Morgan fingerprint density at radius 2 is 0.865 bits per heavy atom. The molecule has 14 heteroatoms. The highest BCUT2D eigenvalue weighted by Gasteiger charge is 2.51. The fourth-order valence-corrected chi connectivity index (χ4v) is 9.91. The maximum absolute atomic E-state index is 13.2. The van der Waals surface area contributed by atoms with Gasteiger partial charge in [-0.1, -0.05) is 230 Å². The summed E-state index contributed by atoms with van der Waals surface area (Å²) in [6.07, 6.45) is 39.0. The van der Waals surface area contributed by atoms with Crippen LogP contribution in [0.3, 0.4) is 0 Å². The van der Waals surface area contributed by atoms with E-state index < -0.39 is 86.8 Å². The minimum absolute atomic E-state index is 0.250. The fourth-order valence-electron chi connectivity index (χ4n) is 9.91. The van der Waals surface area contributed by atoms with Crippen LogP contribution in [0.15, 0.2) is 36.5 Å². The van der Waals surface area contributed by atoms with Crippen molar-refractivity contribution < 1.29 is 64.6 Å². The van der Waals surface area contributed by atoms with Gasteiger partial charge in [0.1, 0.15) is 48.8 Å². The van der Waals surface area contributed by atoms with Crippen LogP contribution in [-0.2, 0) is 23.7 Å². The number of allylic oxidation sites excluding steroid dienone is 5. The number of amides is 1. The third kappa shape index (κ3) is 31.6. The van der Waals surface area contributed by atoms with Crippen molar-refractivity contribution in [1.29, 1.82) is 0 Å². The van der Waals surface area contributed by atoms with Crippen molar-refractivity contribution in [2.24, 2.45) is 0 Å². The van der Waals surface area contributed by atoms with Crippen LogP contribution in [0.2, 0.25) is 0 Å². The third-order valence-electron chi connectivity index (χ3n) is 14.8. The van der Waals surface area contributed by atoms with E-state index in [9.17, 15) is 45.6 Å². The first-order valence-electron chi connectivity index (χ1n) is 30.2. The van der Waals surface area contributed by atoms with E-state index >= 15 is 0 Å². The number of aliphatic hydroxyl groups excluding tert-OH is 8. The number of carbonyl (C=O) groups is 1. The predicted molar refractivity (Wildman–Crippen MR) is 295 cm³/mol. The minimum Gasteiger partial charge on any atom is -0.394 e. The lowest BCUT2D eigenvalue weighted by atomic mass is 9.97. The van der Waals surface area contributed by atoms with Gasteiger partial charge in [-0.05, 0) is 44.9 Å². The van der Waals surface area contributed by atoms with Crippen LogP contribution in [0.4, 0.5) is 0 Å². The number of nitrogens with one attached hydrogen (secondary N) is 1. The number of hydrogen-bond acceptors (Lipinski definition) is 13. The zero-order chi connectivity index (χ0) is 53.9. The van der Waals surface area contributed by atoms with E-state index in [1.807, 2.05) is 6.08 Å². The van der Waals surface area contributed by atoms with Gasteiger partial charge in [0.2, 0.25) is 5.91 Å². The van der Waals surface area contributed by atoms with Gasteiger partial charge < -0.3 is 65.1 Å². The summed E-state index contributed by atoms with van der Waals surface area (Å²) >= 11 is 0. The van der Waals surface area contributed by atoms with Crippen LogP contribution < -0.4 is 5.32 Å². The molecule has 0 saturated carbocycles. The third-order valence-corrected chi connectivity index (χ3v) is 14.8. The van der Waals surface area contributed by atoms with Gasteiger partial charge in [-0.15, -0.1) is 0 Å². The van der Waals surface area contributed by atoms with Crippen molar-refractivity contribution in [2.45, 2.75) is 319 Å². The normalized spacial score (nSPS) is 25.4. The lowest BCUT2D eigenvalue weighted by Crippen LogP contribution is -2.65. The van der Waals surface area contributed by atoms with Crippen LogP contribution in [0, 0.1) is 0 Å². The lowest BCUT2D eigenvalue weighted by molar-refractivity contribution is -0.359. The van der Waals surface area contributed by atoms with Crippen LogP contribution in [0.25, 0.3) is 0 Å². The maximum Gasteiger partial charge on any atom is 0.220 e. The number of unbranched alkanes of at least 4 members (excludes halogenated alkanes) is 31. The van der Waals surface area contributed by atoms with Crippen molar-refractivity contribution in [1.82, 2.24) is 5.32 Å². The topological polar surface area (TPSA) is 228 Å². The Kier molecular flexibility index (Phi) is 42.6. The number of rotatable bonds is 48. The number of ether oxygens (including phenoxy) is 4. The quantitative estimate of drug-likeness (QED) is 0.0204. The molecule has 0 spiro atoms. The molecule has 0 aromatic rings. The van der Waals surface area contributed by atoms with Crippen molar-refractivity contribution in [3.8, 4) is 0 Å². The molecule has 12 atom stereocenters. The zero-order valence-corrected chi connectivity index (χ0v) is 46.6. The second-order valence-electron chi connectivity index (χ2n) is 21.5. The van der Waals surface area contributed by atoms with Crippen LogP contribution >= 0.6 is 0 Å². The van der Waals surface area contributed by atoms with Gasteiger partial charge in [-0.25, -0.2) is 0 Å². The summed E-state index contributed by atoms with van der Waals surface area (Å²) in [4.78, 5) is 13.2. The molecule has 2 fully saturated rings. The molecular weight excluding hydrogens is 943 g/mol. The van der Waals surface area contributed by atoms with E-state index in [-0.39, 0.29) is 18.9 Å². The summed E-state index contributed by atoms with van der Waals surface area (Å²) in [7, 11) is 0. The molecule has 2 rings (SSSR count). The van der Waals surface area contributed by atoms with E-state index in [1.165, 1.54) is 167 Å². The molecular formula is C60H111NO13. The van der Waals surface area contributed by atoms with E-state index in [0.717, 1.165) is 44.9 Å². The summed E-state index contributed by atoms with van der Waals surface area (Å²) in [5, 5.41) is 87.1. The molecule has 0 aromatic heterocycles. The Morgan fingerprint density at radius 1 is 0.473 bits per heavy atom. The Morgan fingerprint density at radius 3 is 1.32 bits per heavy atom. The van der Waals surface area contributed by atoms with Crippen molar-refractivity contribution in [3.05, 3.63) is 36.5 Å². The van der Waals surface area contributed by atoms with Crippen molar-refractivity contribution >= 4 is 5.91 Å². The molecule has 2 saturated heterocycles. The minimum atomic E-state index is -1.79. The monoisotopic (exact) mass is 1050 g/mol. The van der Waals surface area contributed by atoms with E-state index in [0.29, 0.717) is 12.8 Å². The molecule has 0 aliphatic carbocycles. The Labute approximate surface area is 449 Å². The van der Waals surface area contributed by atoms with Crippen molar-refractivity contribution in [3.63, 3.8) is 0 Å². The molecule has 434 valence electrons. The molecule has 2 heterocycles. The second-order valence-corrected chi connectivity index (χ2v) is 21.5. The van der Waals surface area contributed by atoms with Gasteiger partial charge in [0.05, 0.1) is 32.0 Å². The molecule has 2 aliphatic heterocycles. The van der Waals surface area contributed by atoms with E-state index in [2.05, 4.69) is 43.5 Å². The Bertz CT molecular complexity index is 1380. The number of aliphatic hydroxyl groups is 8. The summed E-state index contributed by atoms with van der Waals surface area (Å²) in [6, 6.07) is -0.935. The Hall–Kier alpha value is -1.79. The van der Waals surface area contributed by atoms with Crippen LogP contribution in [-0.4, -0.2) is 140 Å². The van der Waals surface area contributed by atoms with Crippen LogP contribution in [0.1, 0.15) is 245 Å². The van der Waals surface area contributed by atoms with E-state index in [1.54, 1.807) is 6.08 Å². The molecule has 12 unspecified atom stereocenters. The van der Waals surface area contributed by atoms with Gasteiger partial charge in [0.25, 0.3) is 0 Å². The molecule has 14 nitrogen and oxygen atoms in total. The smallest absolute Gasteiger partial charge is 0.220 e. The fraction of sp³-hybridized carbons (Fsp3) is 0.883. The highest BCUT2D eigenvalue weighted by molar-refractivity contribution is 5.76. The largest absolute Gasteiger partial charge is 0.394 e. The maximum atomic E-state index is 13.2. The van der Waals surface area contributed by atoms with Gasteiger partial charge in [0.15, 0.2) is 12.6 Å². The standard InChI is InChI=1S/C60H111NO13/c1-3-5-7-9-11-13-15-17-19-21-23-24-25-26-27-29-31-33-35-37-39-41-43-49(64)48(61-52(65)44-42-40-38-36-34-32-30-28-22-20-18-16-14-12-10-8-6-4-2)47-71-59-57(70)55(68)58(51(46-63)73-59)74-60-56(69)54(67)53(66)50(45-62)72-60/h26-27,33,35,41,43,48-51,53-60,62-64,66-70H,3-25,28-32,34,36-40,42,44-47H2,1-2H3,(H,61,65)/b27-26+,35-33+,43-41+. The molecule has 9 N–H and O–H groups in total. The predicted octanol–water partition coefficient (Wildman–Crippen LogP) is 10.2. The average Bonchev–Trinajstić information content (AvgIpc) is 3.40. The highest BCUT2D eigenvalue weighted by Crippen LogP contribution is 2.30. The molecule has 1 amide bonds. The molecule has 0 bridgehead atoms. The Balaban J connectivity index is 1.79. The first-order chi connectivity index (χ1) is 36.1. The number of carbonyl (C=O) groups excluding carboxylic acids is 1. The lowest BCUT2D eigenvalue weighted by Gasteiger charge is -2.46. The van der Waals surface area contributed by atoms with Gasteiger partial charge in [-0.2, -0.15) is 0 Å². The zero-order valence-electron chi connectivity index (χ0n) is 46.6. The molecule has 2 aliphatic rings. The van der Waals surface area contributed by atoms with Gasteiger partial charge >= 0.3 is 0 Å². The first kappa shape index (κ1) is 68.3. The molecule has 0 radical (unpaired) electrons. The SMILES string of the molecule is CCCCCCCCCCCCCC/C=C/CC/C=C/CC/C=C/C(O)C(COC1OC(CO)C(OC2OC(CO)C(O)C(O)C2O)C(O)C1O)NC(=O)CCCCCCCCCCCCCCCCCCCC. The van der Waals surface area contributed by atoms with Gasteiger partial charge in [0, 0.05) is 6.42 Å². The summed E-state index contributed by atoms with van der Waals surface area (Å²) in [5.74, 6) is -0.250. The molecule has 0 aromatic carbocycles. The first-order valence-corrected chi connectivity index (χ1v) is 30.2. The average molecular weight is 1050 g/mol. The van der Waals surface area contributed by atoms with Crippen molar-refractivity contribution in [2.75, 3.05) is 19.8 Å². The summed E-state index contributed by atoms with van der Waals surface area (Å²) in [5.41, 5.74) is 0. The summed E-state index contributed by atoms with van der Waals surface area (Å²) < 4.78 is 22.8. The van der Waals surface area contributed by atoms with E-state index in [4.69, 9.17) is 18.9 Å². The number of hydrogen-bond donors (Lipinski definition) is 9. The second kappa shape index (κ2) is 46.2. The summed E-state index contributed by atoms with van der Waals surface area (Å²) in [6.45, 7) is 2.79. The van der Waals surface area contributed by atoms with Gasteiger partial charge in [-0.3, -0.25) is 4.79 Å². The molecule has 74 heavy (non-hydrogen) atoms.